The molecule has 0 aliphatic carbocycles. The molecule has 0 bridgehead atoms. The minimum atomic E-state index is -0.273. The van der Waals surface area contributed by atoms with Gasteiger partial charge in [-0.1, -0.05) is 30.3 Å². The van der Waals surface area contributed by atoms with Crippen LogP contribution in [0.4, 0.5) is 10.1 Å². The second-order valence-corrected chi connectivity index (χ2v) is 4.75. The molecular formula is C16H19FN4. The average molecular weight is 286 g/mol. The van der Waals surface area contributed by atoms with E-state index in [4.69, 9.17) is 11.6 Å². The standard InChI is InChI=1S/C16H19FN4/c1-12-9-14(17)7-8-15(12)20-16(10-18)21(19)11-13-5-3-2-4-6-13/h2-10,20H,11,18-19H2,1H3/b16-10-. The summed E-state index contributed by atoms with van der Waals surface area (Å²) in [4.78, 5) is 0. The van der Waals surface area contributed by atoms with Crippen LogP contribution in [0.3, 0.4) is 0 Å². The van der Waals surface area contributed by atoms with E-state index >= 15 is 0 Å². The highest BCUT2D eigenvalue weighted by Gasteiger charge is 2.08. The molecule has 2 aromatic rings. The van der Waals surface area contributed by atoms with Gasteiger partial charge in [0.1, 0.15) is 11.6 Å². The van der Waals surface area contributed by atoms with Crippen LogP contribution in [-0.2, 0) is 6.54 Å². The van der Waals surface area contributed by atoms with Gasteiger partial charge in [-0.2, -0.15) is 0 Å². The molecule has 0 radical (unpaired) electrons. The summed E-state index contributed by atoms with van der Waals surface area (Å²) in [6.07, 6.45) is 1.39. The lowest BCUT2D eigenvalue weighted by Gasteiger charge is -2.23. The molecule has 0 amide bonds. The maximum Gasteiger partial charge on any atom is 0.136 e. The van der Waals surface area contributed by atoms with E-state index in [0.29, 0.717) is 12.4 Å². The van der Waals surface area contributed by atoms with Crippen molar-refractivity contribution in [3.63, 3.8) is 0 Å². The van der Waals surface area contributed by atoms with Crippen molar-refractivity contribution in [2.24, 2.45) is 11.6 Å². The fourth-order valence-corrected chi connectivity index (χ4v) is 1.98. The maximum atomic E-state index is 13.1. The lowest BCUT2D eigenvalue weighted by Crippen LogP contribution is -2.34. The lowest BCUT2D eigenvalue weighted by molar-refractivity contribution is 0.354. The van der Waals surface area contributed by atoms with Crippen LogP contribution in [0.5, 0.6) is 0 Å². The summed E-state index contributed by atoms with van der Waals surface area (Å²) in [7, 11) is 0. The maximum absolute atomic E-state index is 13.1. The van der Waals surface area contributed by atoms with Crippen molar-refractivity contribution in [2.75, 3.05) is 5.32 Å². The van der Waals surface area contributed by atoms with Crippen molar-refractivity contribution in [2.45, 2.75) is 13.5 Å². The molecule has 0 aliphatic rings. The van der Waals surface area contributed by atoms with Gasteiger partial charge in [-0.3, -0.25) is 5.01 Å². The third-order valence-electron chi connectivity index (χ3n) is 3.11. The fourth-order valence-electron chi connectivity index (χ4n) is 1.98. The molecule has 21 heavy (non-hydrogen) atoms. The Hall–Kier alpha value is -2.53. The predicted octanol–water partition coefficient (Wildman–Crippen LogP) is 2.68. The number of hydrogen-bond donors (Lipinski definition) is 3. The van der Waals surface area contributed by atoms with Gasteiger partial charge in [0.2, 0.25) is 0 Å². The highest BCUT2D eigenvalue weighted by molar-refractivity contribution is 5.54. The van der Waals surface area contributed by atoms with Gasteiger partial charge in [-0.05, 0) is 36.2 Å². The fraction of sp³-hybridized carbons (Fsp3) is 0.125. The summed E-state index contributed by atoms with van der Waals surface area (Å²) in [5.74, 6) is 6.31. The lowest BCUT2D eigenvalue weighted by atomic mass is 10.2. The molecule has 0 saturated heterocycles. The molecule has 2 aromatic carbocycles. The topological polar surface area (TPSA) is 67.3 Å². The third-order valence-corrected chi connectivity index (χ3v) is 3.11. The van der Waals surface area contributed by atoms with E-state index in [0.717, 1.165) is 16.8 Å². The molecule has 5 N–H and O–H groups in total. The minimum absolute atomic E-state index is 0.273. The van der Waals surface area contributed by atoms with Crippen molar-refractivity contribution >= 4 is 5.69 Å². The van der Waals surface area contributed by atoms with Crippen molar-refractivity contribution in [3.8, 4) is 0 Å². The van der Waals surface area contributed by atoms with Crippen molar-refractivity contribution in [3.05, 3.63) is 77.5 Å². The first-order valence-corrected chi connectivity index (χ1v) is 6.61. The Morgan fingerprint density at radius 1 is 1.24 bits per heavy atom. The summed E-state index contributed by atoms with van der Waals surface area (Å²) in [6.45, 7) is 2.33. The molecule has 110 valence electrons. The van der Waals surface area contributed by atoms with E-state index in [1.807, 2.05) is 37.3 Å². The van der Waals surface area contributed by atoms with Crippen LogP contribution < -0.4 is 16.9 Å². The number of rotatable bonds is 5. The number of aryl methyl sites for hydroxylation is 1. The molecule has 4 nitrogen and oxygen atoms in total. The third kappa shape index (κ3) is 3.97. The molecule has 0 spiro atoms. The smallest absolute Gasteiger partial charge is 0.136 e. The van der Waals surface area contributed by atoms with Crippen LogP contribution >= 0.6 is 0 Å². The number of nitrogens with two attached hydrogens (primary N) is 2. The van der Waals surface area contributed by atoms with Crippen LogP contribution in [0.1, 0.15) is 11.1 Å². The molecule has 0 heterocycles. The van der Waals surface area contributed by atoms with E-state index in [1.165, 1.54) is 23.3 Å². The minimum Gasteiger partial charge on any atom is -0.402 e. The zero-order chi connectivity index (χ0) is 15.2. The zero-order valence-electron chi connectivity index (χ0n) is 11.9. The average Bonchev–Trinajstić information content (AvgIpc) is 2.47. The number of hydrazine groups is 1. The summed E-state index contributed by atoms with van der Waals surface area (Å²) in [5, 5.41) is 4.63. The quantitative estimate of drug-likeness (QED) is 0.584. The molecule has 0 saturated carbocycles. The Kier molecular flexibility index (Phi) is 4.79. The Morgan fingerprint density at radius 3 is 2.57 bits per heavy atom. The molecule has 0 aromatic heterocycles. The van der Waals surface area contributed by atoms with Crippen LogP contribution in [-0.4, -0.2) is 5.01 Å². The number of anilines is 1. The van der Waals surface area contributed by atoms with Gasteiger partial charge in [0.25, 0.3) is 0 Å². The Labute approximate surface area is 123 Å². The van der Waals surface area contributed by atoms with Crippen LogP contribution in [0.2, 0.25) is 0 Å². The van der Waals surface area contributed by atoms with Crippen LogP contribution in [0.15, 0.2) is 60.6 Å². The second kappa shape index (κ2) is 6.76. The number of benzene rings is 2. The first-order chi connectivity index (χ1) is 10.1. The van der Waals surface area contributed by atoms with Crippen molar-refractivity contribution in [1.29, 1.82) is 0 Å². The molecule has 0 unspecified atom stereocenters. The van der Waals surface area contributed by atoms with E-state index < -0.39 is 0 Å². The molecule has 0 aliphatic heterocycles. The summed E-state index contributed by atoms with van der Waals surface area (Å²) in [6, 6.07) is 14.3. The SMILES string of the molecule is Cc1cc(F)ccc1N/C(=C/N)N(N)Cc1ccccc1. The monoisotopic (exact) mass is 286 g/mol. The Morgan fingerprint density at radius 2 is 1.95 bits per heavy atom. The van der Waals surface area contributed by atoms with E-state index in [1.54, 1.807) is 6.07 Å². The Bertz CT molecular complexity index is 625. The summed E-state index contributed by atoms with van der Waals surface area (Å²) in [5.41, 5.74) is 8.24. The molecule has 5 heteroatoms. The van der Waals surface area contributed by atoms with E-state index in [-0.39, 0.29) is 5.82 Å². The van der Waals surface area contributed by atoms with Crippen molar-refractivity contribution in [1.82, 2.24) is 5.01 Å². The number of nitrogens with one attached hydrogen (secondary N) is 1. The molecular weight excluding hydrogens is 267 g/mol. The largest absolute Gasteiger partial charge is 0.402 e. The molecule has 2 rings (SSSR count). The first kappa shape index (κ1) is 14.9. The second-order valence-electron chi connectivity index (χ2n) is 4.75. The number of halogens is 1. The molecule has 0 atom stereocenters. The predicted molar refractivity (Wildman–Crippen MR) is 83.2 cm³/mol. The van der Waals surface area contributed by atoms with Gasteiger partial charge in [-0.25, -0.2) is 10.2 Å². The van der Waals surface area contributed by atoms with Gasteiger partial charge in [0.05, 0.1) is 6.54 Å². The Balaban J connectivity index is 2.09. The highest BCUT2D eigenvalue weighted by atomic mass is 19.1. The number of hydrogen-bond acceptors (Lipinski definition) is 4. The van der Waals surface area contributed by atoms with Gasteiger partial charge in [0.15, 0.2) is 0 Å². The van der Waals surface area contributed by atoms with Gasteiger partial charge >= 0.3 is 0 Å². The van der Waals surface area contributed by atoms with E-state index in [2.05, 4.69) is 5.32 Å². The molecule has 0 fully saturated rings. The summed E-state index contributed by atoms with van der Waals surface area (Å²) < 4.78 is 13.1. The van der Waals surface area contributed by atoms with Crippen molar-refractivity contribution < 1.29 is 4.39 Å². The normalized spacial score (nSPS) is 11.3. The van der Waals surface area contributed by atoms with Gasteiger partial charge in [0, 0.05) is 11.9 Å². The van der Waals surface area contributed by atoms with Crippen LogP contribution in [0, 0.1) is 12.7 Å². The van der Waals surface area contributed by atoms with Crippen LogP contribution in [0.25, 0.3) is 0 Å². The first-order valence-electron chi connectivity index (χ1n) is 6.61. The van der Waals surface area contributed by atoms with Gasteiger partial charge in [-0.15, -0.1) is 0 Å². The number of nitrogens with zero attached hydrogens (tertiary/aromatic N) is 1. The van der Waals surface area contributed by atoms with Gasteiger partial charge < -0.3 is 11.1 Å². The summed E-state index contributed by atoms with van der Waals surface area (Å²) >= 11 is 0. The zero-order valence-corrected chi connectivity index (χ0v) is 11.9. The highest BCUT2D eigenvalue weighted by Crippen LogP contribution is 2.18. The van der Waals surface area contributed by atoms with E-state index in [9.17, 15) is 4.39 Å².